The Hall–Kier alpha value is -4.24. The summed E-state index contributed by atoms with van der Waals surface area (Å²) in [7, 11) is 0. The van der Waals surface area contributed by atoms with Gasteiger partial charge in [0.2, 0.25) is 12.7 Å². The van der Waals surface area contributed by atoms with Gasteiger partial charge in [0, 0.05) is 24.7 Å². The molecular formula is C32H33N3O3. The highest BCUT2D eigenvalue weighted by molar-refractivity contribution is 5.86. The minimum atomic E-state index is -0.985. The predicted molar refractivity (Wildman–Crippen MR) is 147 cm³/mol. The van der Waals surface area contributed by atoms with Gasteiger partial charge in [-0.3, -0.25) is 4.79 Å². The van der Waals surface area contributed by atoms with Crippen LogP contribution in [0.5, 0.6) is 11.5 Å². The summed E-state index contributed by atoms with van der Waals surface area (Å²) in [6.07, 6.45) is 0. The highest BCUT2D eigenvalue weighted by Crippen LogP contribution is 2.60. The molecule has 0 spiro atoms. The zero-order valence-electron chi connectivity index (χ0n) is 22.3. The van der Waals surface area contributed by atoms with Gasteiger partial charge < -0.3 is 20.1 Å². The number of ether oxygens (including phenoxy) is 2. The summed E-state index contributed by atoms with van der Waals surface area (Å²) in [6.45, 7) is 9.25. The van der Waals surface area contributed by atoms with Crippen LogP contribution in [0.4, 0.5) is 0 Å². The first kappa shape index (κ1) is 25.4. The quantitative estimate of drug-likeness (QED) is 0.487. The number of fused-ring (bicyclic) bond motifs is 1. The lowest BCUT2D eigenvalue weighted by molar-refractivity contribution is -0.134. The molecule has 1 amide bonds. The molecule has 0 radical (unpaired) electrons. The SMILES string of the molecule is CCN(CC)C(=O)C1C(N)=C(C#N)C(c2ccc(C)cc2)(c2ccc(C)cc2)C1c1ccc2c(c1)OCO2. The Labute approximate surface area is 224 Å². The Morgan fingerprint density at radius 1 is 0.947 bits per heavy atom. The van der Waals surface area contributed by atoms with Gasteiger partial charge in [0.25, 0.3) is 0 Å². The van der Waals surface area contributed by atoms with E-state index in [-0.39, 0.29) is 12.7 Å². The molecule has 38 heavy (non-hydrogen) atoms. The van der Waals surface area contributed by atoms with Crippen LogP contribution in [0.2, 0.25) is 0 Å². The third-order valence-corrected chi connectivity index (χ3v) is 8.04. The topological polar surface area (TPSA) is 88.6 Å². The highest BCUT2D eigenvalue weighted by atomic mass is 16.7. The third-order valence-electron chi connectivity index (χ3n) is 8.04. The van der Waals surface area contributed by atoms with Gasteiger partial charge in [0.15, 0.2) is 11.5 Å². The molecule has 0 saturated carbocycles. The molecule has 1 aliphatic carbocycles. The van der Waals surface area contributed by atoms with Crippen molar-refractivity contribution in [1.29, 1.82) is 5.26 Å². The van der Waals surface area contributed by atoms with Crippen LogP contribution >= 0.6 is 0 Å². The van der Waals surface area contributed by atoms with Crippen molar-refractivity contribution >= 4 is 5.91 Å². The van der Waals surface area contributed by atoms with Gasteiger partial charge in [-0.05, 0) is 56.5 Å². The van der Waals surface area contributed by atoms with E-state index in [1.54, 1.807) is 4.90 Å². The number of hydrogen-bond acceptors (Lipinski definition) is 5. The Morgan fingerprint density at radius 3 is 2.03 bits per heavy atom. The minimum absolute atomic E-state index is 0.0796. The maximum Gasteiger partial charge on any atom is 0.232 e. The average Bonchev–Trinajstić information content (AvgIpc) is 3.50. The van der Waals surface area contributed by atoms with Crippen LogP contribution in [0.15, 0.2) is 78.0 Å². The number of allylic oxidation sites excluding steroid dienone is 1. The van der Waals surface area contributed by atoms with Crippen LogP contribution in [0.25, 0.3) is 0 Å². The van der Waals surface area contributed by atoms with Crippen molar-refractivity contribution in [1.82, 2.24) is 4.90 Å². The van der Waals surface area contributed by atoms with Gasteiger partial charge in [-0.15, -0.1) is 0 Å². The van der Waals surface area contributed by atoms with Crippen molar-refractivity contribution in [3.63, 3.8) is 0 Å². The zero-order chi connectivity index (χ0) is 27.0. The van der Waals surface area contributed by atoms with Crippen LogP contribution in [0.1, 0.15) is 47.6 Å². The van der Waals surface area contributed by atoms with Crippen molar-refractivity contribution < 1.29 is 14.3 Å². The second kappa shape index (κ2) is 9.90. The average molecular weight is 508 g/mol. The predicted octanol–water partition coefficient (Wildman–Crippen LogP) is 5.34. The van der Waals surface area contributed by atoms with Crippen molar-refractivity contribution in [2.45, 2.75) is 39.0 Å². The smallest absolute Gasteiger partial charge is 0.232 e. The molecular weight excluding hydrogens is 474 g/mol. The Morgan fingerprint density at radius 2 is 1.50 bits per heavy atom. The first-order chi connectivity index (χ1) is 18.4. The van der Waals surface area contributed by atoms with Crippen molar-refractivity contribution in [3.05, 3.63) is 106 Å². The first-order valence-electron chi connectivity index (χ1n) is 13.1. The van der Waals surface area contributed by atoms with Crippen molar-refractivity contribution in [2.24, 2.45) is 11.7 Å². The number of nitrogens with two attached hydrogens (primary N) is 1. The number of nitriles is 1. The maximum absolute atomic E-state index is 14.2. The van der Waals surface area contributed by atoms with E-state index in [1.165, 1.54) is 0 Å². The second-order valence-corrected chi connectivity index (χ2v) is 10.1. The molecule has 6 heteroatoms. The van der Waals surface area contributed by atoms with Gasteiger partial charge in [0.05, 0.1) is 23.0 Å². The monoisotopic (exact) mass is 507 g/mol. The molecule has 0 aromatic heterocycles. The summed E-state index contributed by atoms with van der Waals surface area (Å²) in [4.78, 5) is 16.0. The van der Waals surface area contributed by atoms with Gasteiger partial charge in [-0.2, -0.15) is 5.26 Å². The number of carbonyl (C=O) groups is 1. The van der Waals surface area contributed by atoms with Gasteiger partial charge >= 0.3 is 0 Å². The van der Waals surface area contributed by atoms with Crippen molar-refractivity contribution in [2.75, 3.05) is 19.9 Å². The van der Waals surface area contributed by atoms with Crippen LogP contribution in [-0.4, -0.2) is 30.7 Å². The third kappa shape index (κ3) is 3.81. The molecule has 2 aliphatic rings. The Balaban J connectivity index is 1.87. The molecule has 5 rings (SSSR count). The molecule has 0 fully saturated rings. The van der Waals surface area contributed by atoms with E-state index in [0.29, 0.717) is 35.9 Å². The molecule has 194 valence electrons. The number of aryl methyl sites for hydroxylation is 2. The Bertz CT molecular complexity index is 1380. The van der Waals surface area contributed by atoms with Gasteiger partial charge in [-0.1, -0.05) is 65.7 Å². The van der Waals surface area contributed by atoms with Gasteiger partial charge in [-0.25, -0.2) is 0 Å². The zero-order valence-corrected chi connectivity index (χ0v) is 22.3. The summed E-state index contributed by atoms with van der Waals surface area (Å²) in [6, 6.07) is 24.7. The minimum Gasteiger partial charge on any atom is -0.454 e. The first-order valence-corrected chi connectivity index (χ1v) is 13.1. The number of rotatable bonds is 6. The van der Waals surface area contributed by atoms with E-state index < -0.39 is 17.3 Å². The summed E-state index contributed by atoms with van der Waals surface area (Å²) < 4.78 is 11.3. The summed E-state index contributed by atoms with van der Waals surface area (Å²) >= 11 is 0. The lowest BCUT2D eigenvalue weighted by Crippen LogP contribution is -2.43. The number of nitrogens with zero attached hydrogens (tertiary/aromatic N) is 2. The number of amides is 1. The standard InChI is InChI=1S/C32H33N3O3/c1-5-35(6-2)31(36)28-29(22-11-16-26-27(17-22)38-19-37-26)32(25(18-33)30(28)34,23-12-7-20(3)8-13-23)24-14-9-21(4)10-15-24/h7-17,28-29H,5-6,19,34H2,1-4H3. The number of hydrogen-bond donors (Lipinski definition) is 1. The lowest BCUT2D eigenvalue weighted by atomic mass is 9.60. The van der Waals surface area contributed by atoms with Crippen molar-refractivity contribution in [3.8, 4) is 17.6 Å². The summed E-state index contributed by atoms with van der Waals surface area (Å²) in [5.74, 6) is 0.00000967. The molecule has 3 aromatic rings. The summed E-state index contributed by atoms with van der Waals surface area (Å²) in [5.41, 5.74) is 11.6. The van der Waals surface area contributed by atoms with E-state index in [4.69, 9.17) is 15.2 Å². The second-order valence-electron chi connectivity index (χ2n) is 10.1. The van der Waals surface area contributed by atoms with Crippen LogP contribution in [-0.2, 0) is 10.2 Å². The highest BCUT2D eigenvalue weighted by Gasteiger charge is 2.59. The van der Waals surface area contributed by atoms with E-state index in [0.717, 1.165) is 27.8 Å². The van der Waals surface area contributed by atoms with Crippen LogP contribution < -0.4 is 15.2 Å². The lowest BCUT2D eigenvalue weighted by Gasteiger charge is -2.40. The Kier molecular flexibility index (Phi) is 6.62. The van der Waals surface area contributed by atoms with E-state index in [2.05, 4.69) is 30.3 Å². The fourth-order valence-corrected chi connectivity index (χ4v) is 6.12. The van der Waals surface area contributed by atoms with Gasteiger partial charge in [0.1, 0.15) is 0 Å². The van der Waals surface area contributed by atoms with Crippen LogP contribution in [0, 0.1) is 31.1 Å². The molecule has 6 nitrogen and oxygen atoms in total. The molecule has 0 saturated heterocycles. The maximum atomic E-state index is 14.2. The van der Waals surface area contributed by atoms with E-state index in [9.17, 15) is 10.1 Å². The van der Waals surface area contributed by atoms with Crippen LogP contribution in [0.3, 0.4) is 0 Å². The molecule has 1 heterocycles. The molecule has 2 N–H and O–H groups in total. The molecule has 0 bridgehead atoms. The van der Waals surface area contributed by atoms with E-state index >= 15 is 0 Å². The summed E-state index contributed by atoms with van der Waals surface area (Å²) in [5, 5.41) is 10.7. The fourth-order valence-electron chi connectivity index (χ4n) is 6.12. The van der Waals surface area contributed by atoms with E-state index in [1.807, 2.05) is 70.2 Å². The normalized spacial score (nSPS) is 19.3. The molecule has 1 aliphatic heterocycles. The fraction of sp³-hybridized carbons (Fsp3) is 0.312. The molecule has 3 aromatic carbocycles. The molecule has 2 unspecified atom stereocenters. The largest absolute Gasteiger partial charge is 0.454 e. The number of benzene rings is 3. The molecule has 2 atom stereocenters. The number of carbonyl (C=O) groups excluding carboxylic acids is 1.